The van der Waals surface area contributed by atoms with Crippen molar-refractivity contribution in [2.24, 2.45) is 0 Å². The Hall–Kier alpha value is -0.697. The third kappa shape index (κ3) is 9.30. The third-order valence-corrected chi connectivity index (χ3v) is 0.642. The van der Waals surface area contributed by atoms with Crippen LogP contribution in [0, 0.1) is 0 Å². The van der Waals surface area contributed by atoms with E-state index in [4.69, 9.17) is 0 Å². The molecule has 58 valence electrons. The Balaban J connectivity index is 0. The van der Waals surface area contributed by atoms with Crippen molar-refractivity contribution in [1.82, 2.24) is 0 Å². The zero-order valence-corrected chi connectivity index (χ0v) is 9.17. The van der Waals surface area contributed by atoms with Gasteiger partial charge in [-0.25, -0.2) is 4.79 Å². The van der Waals surface area contributed by atoms with Crippen molar-refractivity contribution in [3.05, 3.63) is 12.2 Å². The smallest absolute Gasteiger partial charge is 0.330 e. The number of hydrogen-bond acceptors (Lipinski definition) is 4. The van der Waals surface area contributed by atoms with Crippen LogP contribution in [0.4, 0.5) is 0 Å². The van der Waals surface area contributed by atoms with E-state index < -0.39 is 11.9 Å². The normalized spacial score (nSPS) is 8.82. The first-order valence-corrected chi connectivity index (χ1v) is 2.72. The minimum atomic E-state index is -1.41. The molecule has 0 aromatic heterocycles. The van der Waals surface area contributed by atoms with Crippen LogP contribution in [-0.4, -0.2) is 18.5 Å². The summed E-state index contributed by atoms with van der Waals surface area (Å²) >= 11 is 0. The van der Waals surface area contributed by atoms with Gasteiger partial charge in [0.25, 0.3) is 0 Å². The Morgan fingerprint density at radius 2 is 2.00 bits per heavy atom. The van der Waals surface area contributed by atoms with Crippen molar-refractivity contribution < 1.29 is 38.9 Å². The molecule has 0 atom stereocenters. The number of rotatable bonds is 3. The molecule has 0 bridgehead atoms. The van der Waals surface area contributed by atoms with E-state index in [9.17, 15) is 14.7 Å². The molecule has 0 fully saturated rings. The van der Waals surface area contributed by atoms with Crippen LogP contribution in [0.2, 0.25) is 0 Å². The van der Waals surface area contributed by atoms with Gasteiger partial charge < -0.3 is 14.6 Å². The molecule has 0 heterocycles. The van der Waals surface area contributed by atoms with Crippen molar-refractivity contribution in [3.63, 3.8) is 0 Å². The summed E-state index contributed by atoms with van der Waals surface area (Å²) in [5.74, 6) is -2.08. The largest absolute Gasteiger partial charge is 0.545 e. The Labute approximate surface area is 77.0 Å². The molecule has 0 spiro atoms. The van der Waals surface area contributed by atoms with Gasteiger partial charge in [-0.3, -0.25) is 0 Å². The summed E-state index contributed by atoms with van der Waals surface area (Å²) in [5.41, 5.74) is 0. The quantitative estimate of drug-likeness (QED) is 0.334. The van der Waals surface area contributed by atoms with Crippen LogP contribution in [0.15, 0.2) is 12.2 Å². The van der Waals surface area contributed by atoms with E-state index in [-0.39, 0.29) is 26.1 Å². The van der Waals surface area contributed by atoms with Crippen LogP contribution in [0.25, 0.3) is 0 Å². The number of aliphatic carboxylic acids is 1. The van der Waals surface area contributed by atoms with Crippen molar-refractivity contribution in [2.45, 2.75) is 6.92 Å². The fraction of sp³-hybridized carbons (Fsp3) is 0.333. The fourth-order valence-corrected chi connectivity index (χ4v) is 0.326. The number of carboxylic acids is 1. The van der Waals surface area contributed by atoms with Gasteiger partial charge in [0.05, 0.1) is 12.6 Å². The molecule has 0 saturated carbocycles. The van der Waals surface area contributed by atoms with Crippen LogP contribution in [0.3, 0.4) is 0 Å². The molecule has 0 aliphatic rings. The number of carboxylic acid groups (broad SMARTS) is 1. The number of carbonyl (C=O) groups excluding carboxylic acids is 2. The summed E-state index contributed by atoms with van der Waals surface area (Å²) < 4.78 is 4.38. The summed E-state index contributed by atoms with van der Waals surface area (Å²) in [7, 11) is 0. The standard InChI is InChI=1S/C6H8O4.Zn/c1-2-10-6(9)4-3-5(7)8;/h3-4H,2H2,1H3,(H,7,8);/p-1. The van der Waals surface area contributed by atoms with Crippen LogP contribution < -0.4 is 5.11 Å². The summed E-state index contributed by atoms with van der Waals surface area (Å²) in [5, 5.41) is 9.70. The van der Waals surface area contributed by atoms with Gasteiger partial charge in [0, 0.05) is 25.6 Å². The second kappa shape index (κ2) is 7.41. The SMILES string of the molecule is CCOC(=O)C=CC(=O)[O-].[Zn]. The molecular formula is C6H7O4Zn-. The van der Waals surface area contributed by atoms with E-state index in [0.717, 1.165) is 6.08 Å². The Morgan fingerprint density at radius 3 is 2.36 bits per heavy atom. The number of esters is 1. The van der Waals surface area contributed by atoms with Crippen LogP contribution in [0.5, 0.6) is 0 Å². The second-order valence-corrected chi connectivity index (χ2v) is 1.40. The van der Waals surface area contributed by atoms with Crippen LogP contribution >= 0.6 is 0 Å². The van der Waals surface area contributed by atoms with E-state index >= 15 is 0 Å². The van der Waals surface area contributed by atoms with Crippen molar-refractivity contribution >= 4 is 11.9 Å². The zero-order valence-electron chi connectivity index (χ0n) is 6.20. The maximum Gasteiger partial charge on any atom is 0.330 e. The molecular weight excluding hydrogens is 201 g/mol. The first-order valence-electron chi connectivity index (χ1n) is 2.72. The maximum absolute atomic E-state index is 10.3. The van der Waals surface area contributed by atoms with E-state index in [0.29, 0.717) is 6.08 Å². The number of ether oxygens (including phenoxy) is 1. The topological polar surface area (TPSA) is 66.4 Å². The number of carbonyl (C=O) groups is 2. The maximum atomic E-state index is 10.3. The van der Waals surface area contributed by atoms with Crippen LogP contribution in [-0.2, 0) is 33.8 Å². The Kier molecular flexibility index (Phi) is 8.71. The molecule has 0 aliphatic carbocycles. The van der Waals surface area contributed by atoms with E-state index in [1.165, 1.54) is 0 Å². The summed E-state index contributed by atoms with van der Waals surface area (Å²) in [4.78, 5) is 20.0. The van der Waals surface area contributed by atoms with Gasteiger partial charge in [-0.15, -0.1) is 0 Å². The molecule has 0 aromatic carbocycles. The molecule has 0 N–H and O–H groups in total. The van der Waals surface area contributed by atoms with Crippen molar-refractivity contribution in [1.29, 1.82) is 0 Å². The van der Waals surface area contributed by atoms with Gasteiger partial charge in [0.2, 0.25) is 0 Å². The second-order valence-electron chi connectivity index (χ2n) is 1.40. The monoisotopic (exact) mass is 207 g/mol. The molecule has 0 saturated heterocycles. The van der Waals surface area contributed by atoms with Gasteiger partial charge in [0.15, 0.2) is 0 Å². The van der Waals surface area contributed by atoms with Gasteiger partial charge >= 0.3 is 5.97 Å². The Bertz CT molecular complexity index is 164. The average molecular weight is 209 g/mol. The molecule has 11 heavy (non-hydrogen) atoms. The Morgan fingerprint density at radius 1 is 1.45 bits per heavy atom. The van der Waals surface area contributed by atoms with Crippen molar-refractivity contribution in [3.8, 4) is 0 Å². The van der Waals surface area contributed by atoms with Gasteiger partial charge in [-0.05, 0) is 13.0 Å². The van der Waals surface area contributed by atoms with E-state index in [1.54, 1.807) is 6.92 Å². The molecule has 0 unspecified atom stereocenters. The van der Waals surface area contributed by atoms with Crippen LogP contribution in [0.1, 0.15) is 6.92 Å². The first kappa shape index (κ1) is 12.9. The van der Waals surface area contributed by atoms with Gasteiger partial charge in [0.1, 0.15) is 0 Å². The average Bonchev–Trinajstić information content (AvgIpc) is 1.85. The summed E-state index contributed by atoms with van der Waals surface area (Å²) in [6, 6.07) is 0. The molecule has 0 radical (unpaired) electrons. The molecule has 0 aromatic rings. The van der Waals surface area contributed by atoms with Crippen molar-refractivity contribution in [2.75, 3.05) is 6.61 Å². The molecule has 0 aliphatic heterocycles. The molecule has 0 rings (SSSR count). The molecule has 5 heteroatoms. The summed E-state index contributed by atoms with van der Waals surface area (Å²) in [6.45, 7) is 1.86. The summed E-state index contributed by atoms with van der Waals surface area (Å²) in [6.07, 6.45) is 1.43. The first-order chi connectivity index (χ1) is 4.66. The minimum absolute atomic E-state index is 0. The minimum Gasteiger partial charge on any atom is -0.545 e. The predicted octanol–water partition coefficient (Wildman–Crippen LogP) is -1.15. The molecule has 0 amide bonds. The van der Waals surface area contributed by atoms with Gasteiger partial charge in [-0.2, -0.15) is 0 Å². The van der Waals surface area contributed by atoms with Gasteiger partial charge in [-0.1, -0.05) is 0 Å². The fourth-order valence-electron chi connectivity index (χ4n) is 0.326. The predicted molar refractivity (Wildman–Crippen MR) is 30.8 cm³/mol. The van der Waals surface area contributed by atoms with E-state index in [1.807, 2.05) is 0 Å². The van der Waals surface area contributed by atoms with E-state index in [2.05, 4.69) is 4.74 Å². The molecule has 4 nitrogen and oxygen atoms in total. The third-order valence-electron chi connectivity index (χ3n) is 0.642. The number of hydrogen-bond donors (Lipinski definition) is 0. The zero-order chi connectivity index (χ0) is 7.98.